The molecule has 4 heterocycles. The fraction of sp³-hybridized carbons (Fsp3) is 0.409. The van der Waals surface area contributed by atoms with E-state index in [0.29, 0.717) is 19.0 Å². The number of piperidine rings is 1. The summed E-state index contributed by atoms with van der Waals surface area (Å²) in [5, 5.41) is 11.6. The van der Waals surface area contributed by atoms with Crippen molar-refractivity contribution in [3.8, 4) is 0 Å². The molecule has 1 unspecified atom stereocenters. The molecule has 1 saturated heterocycles. The predicted molar refractivity (Wildman–Crippen MR) is 132 cm³/mol. The zero-order valence-corrected chi connectivity index (χ0v) is 23.0. The van der Waals surface area contributed by atoms with Gasteiger partial charge in [0, 0.05) is 0 Å². The van der Waals surface area contributed by atoms with Gasteiger partial charge < -0.3 is 4.90 Å². The number of amides is 1. The summed E-state index contributed by atoms with van der Waals surface area (Å²) >= 11 is 15.1. The number of hydrogen-bond acceptors (Lipinski definition) is 7. The standard InChI is InChI=1S/C22H21Cl2N6O2S.Ga/c1-13-4-2-3-5-15(13)18-10-16(28-32-18)17-12-33-20(25-17)14-6-8-29(9-7-14)19(31)11-30-22(24)26-21(23)27-30;/h2-5,12,14,18H,1,6-11H2;. The van der Waals surface area contributed by atoms with Gasteiger partial charge in [-0.2, -0.15) is 4.98 Å². The maximum absolute atomic E-state index is 12.6. The molecule has 1 amide bonds. The normalized spacial score (nSPS) is 18.7. The van der Waals surface area contributed by atoms with Gasteiger partial charge >= 0.3 is 151 Å². The average Bonchev–Trinajstić information content (AvgIpc) is 3.59. The van der Waals surface area contributed by atoms with Crippen molar-refractivity contribution in [3.05, 3.63) is 62.0 Å². The third kappa shape index (κ3) is 5.06. The number of oxime groups is 1. The third-order valence-electron chi connectivity index (χ3n) is 6.19. The molecule has 1 aromatic carbocycles. The SMILES string of the molecule is O=C(Cn1nc(Cl)nc1Cl)N1CCC(c2nc(C3=NOC(c4ccccc4[CH2][Ga])C3)cs2)CC1. The van der Waals surface area contributed by atoms with E-state index in [1.807, 2.05) is 4.90 Å². The van der Waals surface area contributed by atoms with Crippen molar-refractivity contribution < 1.29 is 9.63 Å². The Labute approximate surface area is 221 Å². The fourth-order valence-electron chi connectivity index (χ4n) is 4.34. The summed E-state index contributed by atoms with van der Waals surface area (Å²) in [6.45, 7) is 1.37. The van der Waals surface area contributed by atoms with E-state index in [0.717, 1.165) is 40.7 Å². The van der Waals surface area contributed by atoms with Gasteiger partial charge in [0.2, 0.25) is 16.5 Å². The Hall–Kier alpha value is -1.85. The molecule has 2 aromatic heterocycles. The van der Waals surface area contributed by atoms with Gasteiger partial charge in [0.1, 0.15) is 6.54 Å². The van der Waals surface area contributed by atoms with Crippen LogP contribution in [0, 0.1) is 0 Å². The number of carbonyl (C=O) groups excluding carboxylic acids is 1. The molecule has 174 valence electrons. The van der Waals surface area contributed by atoms with Crippen LogP contribution in [-0.2, 0) is 21.2 Å². The van der Waals surface area contributed by atoms with E-state index in [-0.39, 0.29) is 29.1 Å². The van der Waals surface area contributed by atoms with Crippen LogP contribution in [0.3, 0.4) is 0 Å². The second kappa shape index (κ2) is 10.4. The number of aromatic nitrogens is 4. The Kier molecular flexibility index (Phi) is 7.31. The van der Waals surface area contributed by atoms with Crippen LogP contribution in [0.2, 0.25) is 10.6 Å². The second-order valence-corrected chi connectivity index (χ2v) is 10.7. The molecule has 0 aliphatic carbocycles. The van der Waals surface area contributed by atoms with Crippen LogP contribution in [0.15, 0.2) is 34.8 Å². The Balaban J connectivity index is 1.17. The zero-order valence-electron chi connectivity index (χ0n) is 18.2. The number of halogens is 2. The van der Waals surface area contributed by atoms with Crippen LogP contribution in [0.25, 0.3) is 0 Å². The summed E-state index contributed by atoms with van der Waals surface area (Å²) in [6, 6.07) is 8.41. The minimum atomic E-state index is -0.0466. The Morgan fingerprint density at radius 2 is 2.00 bits per heavy atom. The van der Waals surface area contributed by atoms with E-state index in [4.69, 9.17) is 33.0 Å². The van der Waals surface area contributed by atoms with Crippen LogP contribution < -0.4 is 0 Å². The van der Waals surface area contributed by atoms with Gasteiger partial charge in [0.15, 0.2) is 0 Å². The number of benzene rings is 1. The Bertz CT molecular complexity index is 1220. The van der Waals surface area contributed by atoms with E-state index in [2.05, 4.69) is 44.9 Å². The summed E-state index contributed by atoms with van der Waals surface area (Å²) in [5.41, 5.74) is 4.34. The first-order valence-corrected chi connectivity index (χ1v) is 14.4. The molecule has 1 atom stereocenters. The van der Waals surface area contributed by atoms with Crippen molar-refractivity contribution in [1.29, 1.82) is 0 Å². The molecule has 0 spiro atoms. The first kappa shape index (κ1) is 23.9. The molecule has 2 radical (unpaired) electrons. The minimum absolute atomic E-state index is 0.0355. The second-order valence-electron chi connectivity index (χ2n) is 8.27. The van der Waals surface area contributed by atoms with Crippen LogP contribution >= 0.6 is 34.5 Å². The van der Waals surface area contributed by atoms with E-state index in [1.54, 1.807) is 29.9 Å². The fourth-order valence-corrected chi connectivity index (χ4v) is 6.51. The molecule has 2 aliphatic heterocycles. The third-order valence-corrected chi connectivity index (χ3v) is 8.56. The number of likely N-dealkylation sites (tertiary alicyclic amines) is 1. The summed E-state index contributed by atoms with van der Waals surface area (Å²) in [7, 11) is 0. The van der Waals surface area contributed by atoms with Crippen LogP contribution in [0.4, 0.5) is 0 Å². The molecular formula is C22H21Cl2GaN6O2S. The van der Waals surface area contributed by atoms with E-state index in [1.165, 1.54) is 15.8 Å². The maximum atomic E-state index is 12.6. The molecule has 0 N–H and O–H groups in total. The van der Waals surface area contributed by atoms with E-state index >= 15 is 0 Å². The molecular weight excluding hydrogens is 553 g/mol. The first-order valence-electron chi connectivity index (χ1n) is 11.0. The molecule has 1 fully saturated rings. The zero-order chi connectivity index (χ0) is 23.7. The van der Waals surface area contributed by atoms with Gasteiger partial charge in [-0.15, -0.1) is 5.10 Å². The van der Waals surface area contributed by atoms with Gasteiger partial charge in [0.25, 0.3) is 0 Å². The number of hydrogen-bond donors (Lipinski definition) is 0. The van der Waals surface area contributed by atoms with Crippen molar-refractivity contribution >= 4 is 64.8 Å². The molecule has 0 saturated carbocycles. The topological polar surface area (TPSA) is 85.5 Å². The van der Waals surface area contributed by atoms with Crippen molar-refractivity contribution in [2.24, 2.45) is 5.16 Å². The summed E-state index contributed by atoms with van der Waals surface area (Å²) in [4.78, 5) is 30.0. The predicted octanol–water partition coefficient (Wildman–Crippen LogP) is 3.98. The summed E-state index contributed by atoms with van der Waals surface area (Å²) in [5.74, 6) is 0.285. The molecule has 34 heavy (non-hydrogen) atoms. The quantitative estimate of drug-likeness (QED) is 0.416. The van der Waals surface area contributed by atoms with Gasteiger partial charge in [-0.05, 0) is 23.2 Å². The van der Waals surface area contributed by atoms with Crippen molar-refractivity contribution in [1.82, 2.24) is 24.6 Å². The van der Waals surface area contributed by atoms with Crippen LogP contribution in [-0.4, -0.2) is 68.0 Å². The van der Waals surface area contributed by atoms with Gasteiger partial charge in [-0.1, -0.05) is 0 Å². The van der Waals surface area contributed by atoms with Crippen molar-refractivity contribution in [2.45, 2.75) is 42.8 Å². The van der Waals surface area contributed by atoms with Gasteiger partial charge in [-0.25, -0.2) is 4.68 Å². The molecule has 0 bridgehead atoms. The molecule has 3 aromatic rings. The average molecular weight is 574 g/mol. The molecule has 2 aliphatic rings. The van der Waals surface area contributed by atoms with E-state index in [9.17, 15) is 4.79 Å². The van der Waals surface area contributed by atoms with Gasteiger partial charge in [0.05, 0.1) is 0 Å². The monoisotopic (exact) mass is 572 g/mol. The van der Waals surface area contributed by atoms with E-state index < -0.39 is 0 Å². The Morgan fingerprint density at radius 3 is 2.74 bits per heavy atom. The number of thiazole rings is 1. The molecule has 12 heteroatoms. The van der Waals surface area contributed by atoms with Gasteiger partial charge in [-0.3, -0.25) is 4.79 Å². The first-order chi connectivity index (χ1) is 16.5. The van der Waals surface area contributed by atoms with Crippen molar-refractivity contribution in [2.75, 3.05) is 13.1 Å². The summed E-state index contributed by atoms with van der Waals surface area (Å²) in [6.07, 6.45) is 2.41. The number of rotatable bonds is 6. The Morgan fingerprint density at radius 1 is 1.21 bits per heavy atom. The molecule has 8 nitrogen and oxygen atoms in total. The van der Waals surface area contributed by atoms with Crippen LogP contribution in [0.5, 0.6) is 0 Å². The number of carbonyl (C=O) groups is 1. The molecule has 5 rings (SSSR count). The number of nitrogens with zero attached hydrogens (tertiary/aromatic N) is 6. The summed E-state index contributed by atoms with van der Waals surface area (Å²) < 4.78 is 1.32. The van der Waals surface area contributed by atoms with Crippen molar-refractivity contribution in [3.63, 3.8) is 0 Å². The van der Waals surface area contributed by atoms with Crippen LogP contribution in [0.1, 0.15) is 53.1 Å².